The normalized spacial score (nSPS) is 16.7. The number of alkyl halides is 2. The molecule has 0 saturated carbocycles. The lowest BCUT2D eigenvalue weighted by molar-refractivity contribution is -0.000781. The fraction of sp³-hybridized carbons (Fsp3) is 0.500. The summed E-state index contributed by atoms with van der Waals surface area (Å²) < 4.78 is 77.1. The molecule has 3 atom stereocenters. The average Bonchev–Trinajstić information content (AvgIpc) is 2.58. The van der Waals surface area contributed by atoms with Crippen molar-refractivity contribution >= 4 is 20.0 Å². The first-order chi connectivity index (χ1) is 11.6. The first-order valence-corrected chi connectivity index (χ1v) is 10.1. The van der Waals surface area contributed by atoms with Crippen LogP contribution in [0.25, 0.3) is 0 Å². The van der Waals surface area contributed by atoms with Crippen LogP contribution in [-0.4, -0.2) is 18.4 Å². The lowest BCUT2D eigenvalue weighted by atomic mass is 9.88. The Morgan fingerprint density at radius 2 is 1.80 bits per heavy atom. The number of sulfonamides is 1. The third-order valence-electron chi connectivity index (χ3n) is 3.52. The molecule has 0 spiro atoms. The molecule has 1 aromatic rings. The minimum atomic E-state index is -5.30. The van der Waals surface area contributed by atoms with E-state index in [1.165, 1.54) is 12.1 Å². The van der Waals surface area contributed by atoms with Gasteiger partial charge < -0.3 is 0 Å². The zero-order valence-electron chi connectivity index (χ0n) is 13.4. The van der Waals surface area contributed by atoms with E-state index in [0.717, 1.165) is 17.7 Å². The summed E-state index contributed by atoms with van der Waals surface area (Å²) in [6, 6.07) is 7.20. The van der Waals surface area contributed by atoms with Gasteiger partial charge in [0.15, 0.2) is 0 Å². The van der Waals surface area contributed by atoms with Crippen LogP contribution in [-0.2, 0) is 24.4 Å². The van der Waals surface area contributed by atoms with Crippen LogP contribution in [0.1, 0.15) is 38.2 Å². The van der Waals surface area contributed by atoms with Gasteiger partial charge in [-0.05, 0) is 47.9 Å². The van der Waals surface area contributed by atoms with E-state index in [4.69, 9.17) is 5.26 Å². The minimum absolute atomic E-state index is 0.00260. The number of hydrogen-bond donors (Lipinski definition) is 0. The number of rotatable bonds is 8. The monoisotopic (exact) mass is 398 g/mol. The summed E-state index contributed by atoms with van der Waals surface area (Å²) in [6.45, 7) is 3.67. The summed E-state index contributed by atoms with van der Waals surface area (Å²) in [7, 11) is -10.1. The van der Waals surface area contributed by atoms with Crippen LogP contribution in [0.4, 0.5) is 13.3 Å². The van der Waals surface area contributed by atoms with E-state index in [0.29, 0.717) is 12.8 Å². The molecule has 0 fully saturated rings. The van der Waals surface area contributed by atoms with Gasteiger partial charge in [0.2, 0.25) is 0 Å². The minimum Gasteiger partial charge on any atom is -0.211 e. The van der Waals surface area contributed by atoms with E-state index in [9.17, 15) is 25.9 Å². The Balaban J connectivity index is 3.20. The number of halogens is 3. The molecule has 6 nitrogen and oxygen atoms in total. The standard InChI is InChI=1S/C14H17F3N2O4S2/c1-3-11(8-10(2)9-18)12-4-6-13(7-5-12)24(20,21)19-25(22,23-17)14(15)16/h4-7,10-11,14H,3,8H2,1-2H3. The van der Waals surface area contributed by atoms with E-state index in [1.54, 1.807) is 6.92 Å². The van der Waals surface area contributed by atoms with Crippen LogP contribution in [0.3, 0.4) is 0 Å². The van der Waals surface area contributed by atoms with E-state index in [-0.39, 0.29) is 11.8 Å². The van der Waals surface area contributed by atoms with Gasteiger partial charge in [-0.15, -0.1) is 0 Å². The molecule has 0 N–H and O–H groups in total. The molecule has 0 radical (unpaired) electrons. The third kappa shape index (κ3) is 5.42. The molecule has 0 bridgehead atoms. The van der Waals surface area contributed by atoms with Gasteiger partial charge in [-0.25, -0.2) is 4.21 Å². The highest BCUT2D eigenvalue weighted by Gasteiger charge is 2.29. The van der Waals surface area contributed by atoms with E-state index < -0.39 is 30.7 Å². The molecule has 1 rings (SSSR count). The molecule has 0 aromatic heterocycles. The highest BCUT2D eigenvalue weighted by molar-refractivity contribution is 8.01. The van der Waals surface area contributed by atoms with Crippen molar-refractivity contribution in [3.63, 3.8) is 0 Å². The summed E-state index contributed by atoms with van der Waals surface area (Å²) in [6.07, 6.45) is 1.27. The third-order valence-corrected chi connectivity index (χ3v) is 6.63. The summed E-state index contributed by atoms with van der Waals surface area (Å²) in [5.74, 6) is -4.12. The first-order valence-electron chi connectivity index (χ1n) is 7.19. The van der Waals surface area contributed by atoms with Crippen molar-refractivity contribution in [3.05, 3.63) is 29.8 Å². The summed E-state index contributed by atoms with van der Waals surface area (Å²) in [4.78, 5) is -0.523. The maximum absolute atomic E-state index is 12.5. The molecule has 11 heteroatoms. The second-order valence-electron chi connectivity index (χ2n) is 5.33. The largest absolute Gasteiger partial charge is 0.346 e. The Morgan fingerprint density at radius 3 is 2.20 bits per heavy atom. The number of nitrogens with zero attached hydrogens (tertiary/aromatic N) is 2. The highest BCUT2D eigenvalue weighted by Crippen LogP contribution is 2.28. The van der Waals surface area contributed by atoms with Gasteiger partial charge in [-0.1, -0.05) is 27.2 Å². The van der Waals surface area contributed by atoms with Crippen molar-refractivity contribution in [2.24, 2.45) is 9.69 Å². The summed E-state index contributed by atoms with van der Waals surface area (Å²) in [5.41, 5.74) is 0.750. The Hall–Kier alpha value is -1.64. The molecule has 0 aliphatic rings. The van der Waals surface area contributed by atoms with Crippen molar-refractivity contribution in [1.82, 2.24) is 0 Å². The first kappa shape index (κ1) is 21.4. The van der Waals surface area contributed by atoms with Gasteiger partial charge in [0.1, 0.15) is 0 Å². The summed E-state index contributed by atoms with van der Waals surface area (Å²) in [5, 5.41) is 8.88. The topological polar surface area (TPSA) is 96.6 Å². The number of nitriles is 1. The molecule has 0 heterocycles. The van der Waals surface area contributed by atoms with Crippen molar-refractivity contribution in [2.75, 3.05) is 0 Å². The van der Waals surface area contributed by atoms with Crippen molar-refractivity contribution in [1.29, 1.82) is 5.26 Å². The predicted octanol–water partition coefficient (Wildman–Crippen LogP) is 3.93. The molecule has 0 amide bonds. The molecule has 140 valence electrons. The van der Waals surface area contributed by atoms with E-state index in [1.807, 2.05) is 6.92 Å². The van der Waals surface area contributed by atoms with Crippen molar-refractivity contribution in [3.8, 4) is 6.07 Å². The maximum Gasteiger partial charge on any atom is 0.346 e. The van der Waals surface area contributed by atoms with Gasteiger partial charge in [0.05, 0.1) is 11.0 Å². The zero-order valence-corrected chi connectivity index (χ0v) is 15.1. The molecular weight excluding hydrogens is 381 g/mol. The molecule has 0 aliphatic heterocycles. The summed E-state index contributed by atoms with van der Waals surface area (Å²) >= 11 is 0. The molecule has 1 aromatic carbocycles. The predicted molar refractivity (Wildman–Crippen MR) is 84.8 cm³/mol. The van der Waals surface area contributed by atoms with Crippen LogP contribution in [0.5, 0.6) is 0 Å². The number of hydrogen-bond acceptors (Lipinski definition) is 5. The van der Waals surface area contributed by atoms with Crippen LogP contribution in [0.15, 0.2) is 32.9 Å². The lowest BCUT2D eigenvalue weighted by Gasteiger charge is -2.16. The Morgan fingerprint density at radius 1 is 1.24 bits per heavy atom. The smallest absolute Gasteiger partial charge is 0.211 e. The quantitative estimate of drug-likeness (QED) is 0.661. The van der Waals surface area contributed by atoms with Crippen molar-refractivity contribution in [2.45, 2.75) is 43.3 Å². The SMILES string of the molecule is CCC(CC(C)C#N)c1ccc(S(=O)(=O)N=S(=O)(OF)C(F)F)cc1. The van der Waals surface area contributed by atoms with Crippen molar-refractivity contribution < 1.29 is 30.3 Å². The zero-order chi connectivity index (χ0) is 19.3. The van der Waals surface area contributed by atoms with Gasteiger partial charge in [-0.2, -0.15) is 22.5 Å². The second-order valence-corrected chi connectivity index (χ2v) is 8.86. The van der Waals surface area contributed by atoms with Gasteiger partial charge >= 0.3 is 5.76 Å². The Kier molecular flexibility index (Phi) is 7.40. The molecule has 0 saturated heterocycles. The van der Waals surface area contributed by atoms with E-state index in [2.05, 4.69) is 14.2 Å². The molecule has 25 heavy (non-hydrogen) atoms. The van der Waals surface area contributed by atoms with Crippen LogP contribution in [0, 0.1) is 17.2 Å². The average molecular weight is 398 g/mol. The fourth-order valence-electron chi connectivity index (χ4n) is 2.18. The second kappa shape index (κ2) is 8.64. The van der Waals surface area contributed by atoms with Crippen LogP contribution >= 0.6 is 0 Å². The maximum atomic E-state index is 12.5. The van der Waals surface area contributed by atoms with Gasteiger partial charge in [0.25, 0.3) is 20.0 Å². The lowest BCUT2D eigenvalue weighted by Crippen LogP contribution is -2.14. The Bertz CT molecular complexity index is 842. The van der Waals surface area contributed by atoms with Gasteiger partial charge in [-0.3, -0.25) is 0 Å². The highest BCUT2D eigenvalue weighted by atomic mass is 32.3. The Labute approximate surface area is 145 Å². The molecule has 0 aliphatic carbocycles. The van der Waals surface area contributed by atoms with E-state index >= 15 is 0 Å². The van der Waals surface area contributed by atoms with Crippen LogP contribution in [0.2, 0.25) is 0 Å². The molecular formula is C14H17F3N2O4S2. The number of benzene rings is 1. The van der Waals surface area contributed by atoms with Gasteiger partial charge in [0, 0.05) is 5.92 Å². The fourth-order valence-corrected chi connectivity index (χ4v) is 4.51. The molecule has 3 unspecified atom stereocenters. The van der Waals surface area contributed by atoms with Crippen LogP contribution < -0.4 is 0 Å².